The van der Waals surface area contributed by atoms with E-state index in [2.05, 4.69) is 20.9 Å². The van der Waals surface area contributed by atoms with E-state index in [9.17, 15) is 10.1 Å². The van der Waals surface area contributed by atoms with Crippen LogP contribution in [-0.2, 0) is 0 Å². The smallest absolute Gasteiger partial charge is 0.258 e. The summed E-state index contributed by atoms with van der Waals surface area (Å²) in [6, 6.07) is 20.2. The molecule has 0 atom stereocenters. The third-order valence-corrected chi connectivity index (χ3v) is 5.38. The number of nitrogens with zero attached hydrogens (tertiary/aromatic N) is 3. The number of hydrogen-bond acceptors (Lipinski definition) is 5. The number of benzene rings is 2. The van der Waals surface area contributed by atoms with E-state index in [0.717, 1.165) is 31.9 Å². The molecule has 0 unspecified atom stereocenters. The molecule has 4 rings (SSSR count). The summed E-state index contributed by atoms with van der Waals surface area (Å²) >= 11 is 5.02. The Morgan fingerprint density at radius 3 is 2.00 bits per heavy atom. The van der Waals surface area contributed by atoms with Crippen molar-refractivity contribution >= 4 is 33.0 Å². The fourth-order valence-corrected chi connectivity index (χ4v) is 3.56. The van der Waals surface area contributed by atoms with E-state index in [1.165, 1.54) is 12.1 Å². The van der Waals surface area contributed by atoms with Crippen molar-refractivity contribution in [1.29, 1.82) is 0 Å². The van der Waals surface area contributed by atoms with Crippen LogP contribution in [0.25, 0.3) is 33.2 Å². The van der Waals surface area contributed by atoms with Crippen LogP contribution in [0, 0.1) is 10.1 Å². The van der Waals surface area contributed by atoms with Gasteiger partial charge in [-0.3, -0.25) is 10.1 Å². The molecule has 2 aromatic carbocycles. The number of hydrogen-bond donors (Lipinski definition) is 0. The summed E-state index contributed by atoms with van der Waals surface area (Å²) in [6.45, 7) is 0. The van der Waals surface area contributed by atoms with Gasteiger partial charge in [0.05, 0.1) is 21.2 Å². The van der Waals surface area contributed by atoms with Crippen LogP contribution < -0.4 is 0 Å². The number of nitro groups is 1. The standard InChI is InChI=1S/C20H12BrN3O2S/c21-15-7-3-13(4-8-15)17-12-18(14-5-9-16(10-6-14)24(25)26)23-20(22-17)19-2-1-11-27-19/h1-12H. The minimum Gasteiger partial charge on any atom is -0.258 e. The molecule has 0 aliphatic heterocycles. The molecular weight excluding hydrogens is 426 g/mol. The molecular formula is C20H12BrN3O2S. The van der Waals surface area contributed by atoms with Crippen LogP contribution in [0.3, 0.4) is 0 Å². The average molecular weight is 438 g/mol. The Morgan fingerprint density at radius 2 is 1.48 bits per heavy atom. The van der Waals surface area contributed by atoms with Gasteiger partial charge in [-0.15, -0.1) is 11.3 Å². The van der Waals surface area contributed by atoms with Crippen molar-refractivity contribution in [2.24, 2.45) is 0 Å². The summed E-state index contributed by atoms with van der Waals surface area (Å²) < 4.78 is 0.995. The molecule has 0 spiro atoms. The second-order valence-electron chi connectivity index (χ2n) is 5.75. The van der Waals surface area contributed by atoms with Crippen molar-refractivity contribution in [3.05, 3.63) is 86.7 Å². The van der Waals surface area contributed by atoms with Gasteiger partial charge in [-0.1, -0.05) is 34.1 Å². The minimum absolute atomic E-state index is 0.0550. The quantitative estimate of drug-likeness (QED) is 0.281. The number of nitro benzene ring substituents is 1. The molecule has 132 valence electrons. The second kappa shape index (κ2) is 7.38. The number of aromatic nitrogens is 2. The SMILES string of the molecule is O=[N+]([O-])c1ccc(-c2cc(-c3ccc(Br)cc3)nc(-c3cccs3)n2)cc1. The van der Waals surface area contributed by atoms with Crippen LogP contribution in [0.15, 0.2) is 76.6 Å². The summed E-state index contributed by atoms with van der Waals surface area (Å²) in [5.74, 6) is 0.638. The number of rotatable bonds is 4. The first kappa shape index (κ1) is 17.5. The molecule has 7 heteroatoms. The molecule has 0 amide bonds. The maximum atomic E-state index is 10.9. The van der Waals surface area contributed by atoms with Crippen molar-refractivity contribution in [2.75, 3.05) is 0 Å². The molecule has 4 aromatic rings. The van der Waals surface area contributed by atoms with Crippen molar-refractivity contribution in [1.82, 2.24) is 9.97 Å². The summed E-state index contributed by atoms with van der Waals surface area (Å²) in [7, 11) is 0. The highest BCUT2D eigenvalue weighted by Gasteiger charge is 2.12. The predicted molar refractivity (Wildman–Crippen MR) is 111 cm³/mol. The third-order valence-electron chi connectivity index (χ3n) is 3.98. The lowest BCUT2D eigenvalue weighted by Gasteiger charge is -2.08. The zero-order chi connectivity index (χ0) is 18.8. The maximum absolute atomic E-state index is 10.9. The van der Waals surface area contributed by atoms with Crippen molar-refractivity contribution < 1.29 is 4.92 Å². The molecule has 0 saturated heterocycles. The lowest BCUT2D eigenvalue weighted by atomic mass is 10.1. The molecule has 0 aliphatic carbocycles. The fourth-order valence-electron chi connectivity index (χ4n) is 2.63. The molecule has 2 heterocycles. The van der Waals surface area contributed by atoms with Crippen molar-refractivity contribution in [2.45, 2.75) is 0 Å². The molecule has 0 bridgehead atoms. The van der Waals surface area contributed by atoms with Gasteiger partial charge in [0.2, 0.25) is 0 Å². The van der Waals surface area contributed by atoms with Gasteiger partial charge in [-0.05, 0) is 41.8 Å². The molecule has 27 heavy (non-hydrogen) atoms. The first-order valence-corrected chi connectivity index (χ1v) is 9.71. The van der Waals surface area contributed by atoms with E-state index in [-0.39, 0.29) is 5.69 Å². The Labute approximate surface area is 167 Å². The predicted octanol–water partition coefficient (Wildman–Crippen LogP) is 6.21. The summed E-state index contributed by atoms with van der Waals surface area (Å²) in [6.07, 6.45) is 0. The number of thiophene rings is 1. The minimum atomic E-state index is -0.409. The Bertz CT molecular complexity index is 1100. The van der Waals surface area contributed by atoms with Crippen molar-refractivity contribution in [3.8, 4) is 33.2 Å². The van der Waals surface area contributed by atoms with Crippen LogP contribution in [0.2, 0.25) is 0 Å². The van der Waals surface area contributed by atoms with Gasteiger partial charge >= 0.3 is 0 Å². The van der Waals surface area contributed by atoms with E-state index in [1.807, 2.05) is 47.8 Å². The molecule has 2 aromatic heterocycles. The lowest BCUT2D eigenvalue weighted by Crippen LogP contribution is -1.95. The highest BCUT2D eigenvalue weighted by molar-refractivity contribution is 9.10. The Kier molecular flexibility index (Phi) is 4.79. The van der Waals surface area contributed by atoms with Crippen LogP contribution >= 0.6 is 27.3 Å². The van der Waals surface area contributed by atoms with Crippen LogP contribution in [-0.4, -0.2) is 14.9 Å². The van der Waals surface area contributed by atoms with Crippen LogP contribution in [0.1, 0.15) is 0 Å². The second-order valence-corrected chi connectivity index (χ2v) is 7.61. The number of halogens is 1. The Hall–Kier alpha value is -2.90. The van der Waals surface area contributed by atoms with Gasteiger partial charge in [-0.25, -0.2) is 9.97 Å². The van der Waals surface area contributed by atoms with Gasteiger partial charge in [-0.2, -0.15) is 0 Å². The first-order chi connectivity index (χ1) is 13.1. The van der Waals surface area contributed by atoms with Gasteiger partial charge in [0.25, 0.3) is 5.69 Å². The highest BCUT2D eigenvalue weighted by Crippen LogP contribution is 2.30. The molecule has 0 saturated carbocycles. The summed E-state index contributed by atoms with van der Waals surface area (Å²) in [5, 5.41) is 12.9. The van der Waals surface area contributed by atoms with Crippen LogP contribution in [0.5, 0.6) is 0 Å². The van der Waals surface area contributed by atoms with Crippen molar-refractivity contribution in [3.63, 3.8) is 0 Å². The fraction of sp³-hybridized carbons (Fsp3) is 0. The molecule has 0 radical (unpaired) electrons. The van der Waals surface area contributed by atoms with Gasteiger partial charge in [0.15, 0.2) is 5.82 Å². The normalized spacial score (nSPS) is 10.7. The zero-order valence-corrected chi connectivity index (χ0v) is 16.3. The van der Waals surface area contributed by atoms with E-state index in [0.29, 0.717) is 5.82 Å². The summed E-state index contributed by atoms with van der Waals surface area (Å²) in [4.78, 5) is 20.9. The number of non-ortho nitro benzene ring substituents is 1. The molecule has 0 aliphatic rings. The molecule has 0 fully saturated rings. The zero-order valence-electron chi connectivity index (χ0n) is 13.9. The van der Waals surface area contributed by atoms with Gasteiger partial charge < -0.3 is 0 Å². The van der Waals surface area contributed by atoms with Crippen LogP contribution in [0.4, 0.5) is 5.69 Å². The van der Waals surface area contributed by atoms with Gasteiger partial charge in [0.1, 0.15) is 0 Å². The Morgan fingerprint density at radius 1 is 0.889 bits per heavy atom. The van der Waals surface area contributed by atoms with E-state index in [4.69, 9.17) is 4.98 Å². The first-order valence-electron chi connectivity index (χ1n) is 8.04. The topological polar surface area (TPSA) is 68.9 Å². The van der Waals surface area contributed by atoms with E-state index < -0.39 is 4.92 Å². The summed E-state index contributed by atoms with van der Waals surface area (Å²) in [5.41, 5.74) is 3.36. The largest absolute Gasteiger partial charge is 0.269 e. The van der Waals surface area contributed by atoms with E-state index in [1.54, 1.807) is 23.5 Å². The molecule has 5 nitrogen and oxygen atoms in total. The lowest BCUT2D eigenvalue weighted by molar-refractivity contribution is -0.384. The Balaban J connectivity index is 1.85. The highest BCUT2D eigenvalue weighted by atomic mass is 79.9. The van der Waals surface area contributed by atoms with E-state index >= 15 is 0 Å². The molecule has 0 N–H and O–H groups in total. The third kappa shape index (κ3) is 3.79. The van der Waals surface area contributed by atoms with Gasteiger partial charge in [0, 0.05) is 27.7 Å². The maximum Gasteiger partial charge on any atom is 0.269 e. The average Bonchev–Trinajstić information content (AvgIpc) is 3.23. The monoisotopic (exact) mass is 437 g/mol.